The van der Waals surface area contributed by atoms with Crippen molar-refractivity contribution in [3.8, 4) is 5.75 Å². The average Bonchev–Trinajstić information content (AvgIpc) is 2.47. The van der Waals surface area contributed by atoms with Gasteiger partial charge < -0.3 is 10.4 Å². The summed E-state index contributed by atoms with van der Waals surface area (Å²) in [4.78, 5) is 23.1. The van der Waals surface area contributed by atoms with Gasteiger partial charge in [-0.15, -0.1) is 11.8 Å². The number of nitrogens with one attached hydrogen (secondary N) is 1. The van der Waals surface area contributed by atoms with Gasteiger partial charge in [-0.1, -0.05) is 18.2 Å². The maximum Gasteiger partial charge on any atom is 0.311 e. The van der Waals surface area contributed by atoms with Crippen molar-refractivity contribution in [2.45, 2.75) is 4.90 Å². The topological polar surface area (TPSA) is 92.5 Å². The van der Waals surface area contributed by atoms with Gasteiger partial charge in [0, 0.05) is 11.0 Å². The van der Waals surface area contributed by atoms with E-state index in [0.717, 1.165) is 11.0 Å². The van der Waals surface area contributed by atoms with Crippen LogP contribution in [0, 0.1) is 10.1 Å². The smallest absolute Gasteiger partial charge is 0.311 e. The molecule has 2 aromatic carbocycles. The van der Waals surface area contributed by atoms with Crippen molar-refractivity contribution in [3.05, 3.63) is 58.1 Å². The number of rotatable bonds is 4. The molecule has 0 aliphatic heterocycles. The third kappa shape index (κ3) is 3.14. The summed E-state index contributed by atoms with van der Waals surface area (Å²) in [5.74, 6) is -1.24. The fourth-order valence-electron chi connectivity index (χ4n) is 1.80. The molecule has 6 nitrogen and oxygen atoms in total. The molecule has 21 heavy (non-hydrogen) atoms. The number of phenols is 1. The lowest BCUT2D eigenvalue weighted by Crippen LogP contribution is -2.13. The third-order valence-corrected chi connectivity index (χ3v) is 3.61. The van der Waals surface area contributed by atoms with Crippen LogP contribution in [0.1, 0.15) is 10.4 Å². The Bertz CT molecular complexity index is 703. The van der Waals surface area contributed by atoms with Crippen LogP contribution in [-0.2, 0) is 0 Å². The van der Waals surface area contributed by atoms with Gasteiger partial charge in [0.05, 0.1) is 16.2 Å². The fourth-order valence-corrected chi connectivity index (χ4v) is 2.35. The van der Waals surface area contributed by atoms with E-state index in [1.54, 1.807) is 12.1 Å². The molecule has 0 unspecified atom stereocenters. The van der Waals surface area contributed by atoms with Crippen molar-refractivity contribution in [2.24, 2.45) is 0 Å². The molecule has 2 rings (SSSR count). The number of para-hydroxylation sites is 2. The Kier molecular flexibility index (Phi) is 4.44. The molecule has 0 aliphatic carbocycles. The summed E-state index contributed by atoms with van der Waals surface area (Å²) in [6.45, 7) is 0. The molecule has 2 N–H and O–H groups in total. The van der Waals surface area contributed by atoms with Gasteiger partial charge in [0.1, 0.15) is 0 Å². The van der Waals surface area contributed by atoms with Crippen LogP contribution in [0.2, 0.25) is 0 Å². The predicted molar refractivity (Wildman–Crippen MR) is 80.9 cm³/mol. The summed E-state index contributed by atoms with van der Waals surface area (Å²) in [6, 6.07) is 11.0. The van der Waals surface area contributed by atoms with Crippen LogP contribution in [-0.4, -0.2) is 22.2 Å². The molecule has 0 heterocycles. The Morgan fingerprint density at radius 1 is 1.24 bits per heavy atom. The summed E-state index contributed by atoms with van der Waals surface area (Å²) in [5, 5.41) is 23.2. The molecule has 0 fully saturated rings. The number of nitro groups is 1. The van der Waals surface area contributed by atoms with Crippen molar-refractivity contribution in [1.29, 1.82) is 0 Å². The van der Waals surface area contributed by atoms with Crippen molar-refractivity contribution < 1.29 is 14.8 Å². The predicted octanol–water partition coefficient (Wildman–Crippen LogP) is 3.27. The van der Waals surface area contributed by atoms with E-state index in [1.165, 1.54) is 23.9 Å². The molecular formula is C14H12N2O4S. The van der Waals surface area contributed by atoms with Crippen molar-refractivity contribution >= 4 is 29.0 Å². The first kappa shape index (κ1) is 14.9. The third-order valence-electron chi connectivity index (χ3n) is 2.81. The molecule has 108 valence electrons. The van der Waals surface area contributed by atoms with Gasteiger partial charge in [-0.3, -0.25) is 14.9 Å². The van der Waals surface area contributed by atoms with Crippen LogP contribution in [0.15, 0.2) is 47.4 Å². The van der Waals surface area contributed by atoms with Crippen LogP contribution >= 0.6 is 11.8 Å². The monoisotopic (exact) mass is 304 g/mol. The zero-order valence-electron chi connectivity index (χ0n) is 11.1. The van der Waals surface area contributed by atoms with Gasteiger partial charge in [0.15, 0.2) is 0 Å². The summed E-state index contributed by atoms with van der Waals surface area (Å²) < 4.78 is 0. The van der Waals surface area contributed by atoms with Crippen molar-refractivity contribution in [3.63, 3.8) is 0 Å². The van der Waals surface area contributed by atoms with E-state index in [4.69, 9.17) is 0 Å². The standard InChI is InChI=1S/C14H12N2O4S/c1-21-12-8-3-2-6-10(12)15-14(18)9-5-4-7-11(13(9)17)16(19)20/h2-8,17H,1H3,(H,15,18). The molecule has 0 saturated heterocycles. The van der Waals surface area contributed by atoms with Gasteiger partial charge in [0.2, 0.25) is 5.75 Å². The van der Waals surface area contributed by atoms with Crippen LogP contribution in [0.4, 0.5) is 11.4 Å². The van der Waals surface area contributed by atoms with E-state index in [1.807, 2.05) is 18.4 Å². The van der Waals surface area contributed by atoms with Gasteiger partial charge in [-0.05, 0) is 24.5 Å². The van der Waals surface area contributed by atoms with Crippen LogP contribution in [0.5, 0.6) is 5.75 Å². The Labute approximate surface area is 125 Å². The summed E-state index contributed by atoms with van der Waals surface area (Å²) in [7, 11) is 0. The number of nitro benzene ring substituents is 1. The lowest BCUT2D eigenvalue weighted by molar-refractivity contribution is -0.385. The number of benzene rings is 2. The van der Waals surface area contributed by atoms with E-state index in [-0.39, 0.29) is 5.56 Å². The average molecular weight is 304 g/mol. The second-order valence-electron chi connectivity index (χ2n) is 4.08. The van der Waals surface area contributed by atoms with E-state index >= 15 is 0 Å². The van der Waals surface area contributed by atoms with Crippen molar-refractivity contribution in [2.75, 3.05) is 11.6 Å². The summed E-state index contributed by atoms with van der Waals surface area (Å²) in [6.07, 6.45) is 1.87. The zero-order chi connectivity index (χ0) is 15.4. The number of thioether (sulfide) groups is 1. The molecule has 0 radical (unpaired) electrons. The SMILES string of the molecule is CSc1ccccc1NC(=O)c1cccc([N+](=O)[O-])c1O. The van der Waals surface area contributed by atoms with E-state index in [0.29, 0.717) is 5.69 Å². The normalized spacial score (nSPS) is 10.1. The largest absolute Gasteiger partial charge is 0.502 e. The van der Waals surface area contributed by atoms with Crippen molar-refractivity contribution in [1.82, 2.24) is 0 Å². The second-order valence-corrected chi connectivity index (χ2v) is 4.93. The molecule has 2 aromatic rings. The number of phenolic OH excluding ortho intramolecular Hbond substituents is 1. The molecule has 0 spiro atoms. The van der Waals surface area contributed by atoms with Gasteiger partial charge in [-0.25, -0.2) is 0 Å². The maximum absolute atomic E-state index is 12.2. The molecule has 0 saturated carbocycles. The maximum atomic E-state index is 12.2. The Morgan fingerprint density at radius 2 is 1.95 bits per heavy atom. The highest BCUT2D eigenvalue weighted by molar-refractivity contribution is 7.98. The number of anilines is 1. The number of hydrogen-bond donors (Lipinski definition) is 2. The number of hydrogen-bond acceptors (Lipinski definition) is 5. The number of amides is 1. The highest BCUT2D eigenvalue weighted by Crippen LogP contribution is 2.31. The van der Waals surface area contributed by atoms with E-state index in [2.05, 4.69) is 5.32 Å². The molecule has 0 atom stereocenters. The highest BCUT2D eigenvalue weighted by Gasteiger charge is 2.21. The molecule has 0 aromatic heterocycles. The lowest BCUT2D eigenvalue weighted by atomic mass is 10.1. The van der Waals surface area contributed by atoms with E-state index in [9.17, 15) is 20.0 Å². The lowest BCUT2D eigenvalue weighted by Gasteiger charge is -2.10. The number of nitrogens with zero attached hydrogens (tertiary/aromatic N) is 1. The van der Waals surface area contributed by atoms with Gasteiger partial charge >= 0.3 is 5.69 Å². The zero-order valence-corrected chi connectivity index (χ0v) is 11.9. The first-order valence-corrected chi connectivity index (χ1v) is 7.17. The number of aromatic hydroxyl groups is 1. The highest BCUT2D eigenvalue weighted by atomic mass is 32.2. The minimum Gasteiger partial charge on any atom is -0.502 e. The number of carbonyl (C=O) groups is 1. The van der Waals surface area contributed by atoms with E-state index < -0.39 is 22.3 Å². The molecular weight excluding hydrogens is 292 g/mol. The first-order chi connectivity index (χ1) is 10.0. The van der Waals surface area contributed by atoms with Gasteiger partial charge in [0.25, 0.3) is 5.91 Å². The Morgan fingerprint density at radius 3 is 2.62 bits per heavy atom. The van der Waals surface area contributed by atoms with Crippen LogP contribution in [0.25, 0.3) is 0 Å². The first-order valence-electron chi connectivity index (χ1n) is 5.95. The Balaban J connectivity index is 2.33. The summed E-state index contributed by atoms with van der Waals surface area (Å²) >= 11 is 1.46. The molecule has 0 bridgehead atoms. The number of carbonyl (C=O) groups excluding carboxylic acids is 1. The Hall–Kier alpha value is -2.54. The quantitative estimate of drug-likeness (QED) is 0.514. The molecule has 1 amide bonds. The minimum atomic E-state index is -0.734. The second kappa shape index (κ2) is 6.27. The molecule has 0 aliphatic rings. The van der Waals surface area contributed by atoms with Crippen LogP contribution in [0.3, 0.4) is 0 Å². The van der Waals surface area contributed by atoms with Gasteiger partial charge in [-0.2, -0.15) is 0 Å². The fraction of sp³-hybridized carbons (Fsp3) is 0.0714. The van der Waals surface area contributed by atoms with Crippen LogP contribution < -0.4 is 5.32 Å². The summed E-state index contributed by atoms with van der Waals surface area (Å²) in [5.41, 5.74) is -0.0539. The molecule has 7 heteroatoms. The minimum absolute atomic E-state index is 0.139.